The highest BCUT2D eigenvalue weighted by atomic mass is 16.2. The van der Waals surface area contributed by atoms with Crippen LogP contribution in [0.15, 0.2) is 42.0 Å². The molecule has 0 bridgehead atoms. The summed E-state index contributed by atoms with van der Waals surface area (Å²) in [4.78, 5) is 25.9. The third kappa shape index (κ3) is 3.07. The third-order valence-electron chi connectivity index (χ3n) is 3.32. The van der Waals surface area contributed by atoms with Crippen LogP contribution >= 0.6 is 0 Å². The zero-order chi connectivity index (χ0) is 14.7. The molecule has 0 spiro atoms. The fourth-order valence-corrected chi connectivity index (χ4v) is 2.50. The summed E-state index contributed by atoms with van der Waals surface area (Å²) in [6, 6.07) is 9.20. The second-order valence-corrected chi connectivity index (χ2v) is 5.41. The van der Waals surface area contributed by atoms with E-state index in [0.29, 0.717) is 6.42 Å². The van der Waals surface area contributed by atoms with E-state index in [1.54, 1.807) is 4.90 Å². The Morgan fingerprint density at radius 1 is 1.30 bits per heavy atom. The van der Waals surface area contributed by atoms with Crippen LogP contribution in [0, 0.1) is 0 Å². The molecule has 1 heterocycles. The quantitative estimate of drug-likeness (QED) is 0.858. The summed E-state index contributed by atoms with van der Waals surface area (Å²) in [5.74, 6) is -0.246. The summed E-state index contributed by atoms with van der Waals surface area (Å²) in [7, 11) is 0. The lowest BCUT2D eigenvalue weighted by Crippen LogP contribution is -2.41. The zero-order valence-electron chi connectivity index (χ0n) is 12.1. The van der Waals surface area contributed by atoms with E-state index in [-0.39, 0.29) is 17.9 Å². The first kappa shape index (κ1) is 14.3. The molecule has 0 radical (unpaired) electrons. The lowest BCUT2D eigenvalue weighted by molar-refractivity contribution is -0.123. The number of hydrogen-bond donors (Lipinski definition) is 1. The Labute approximate surface area is 119 Å². The van der Waals surface area contributed by atoms with Gasteiger partial charge in [-0.2, -0.15) is 0 Å². The molecule has 2 rings (SSSR count). The van der Waals surface area contributed by atoms with Gasteiger partial charge in [0, 0.05) is 17.8 Å². The molecular formula is C16H20N2O2. The number of carbonyl (C=O) groups excluding carboxylic acids is 2. The van der Waals surface area contributed by atoms with Gasteiger partial charge in [-0.05, 0) is 39.3 Å². The maximum absolute atomic E-state index is 12.4. The number of allylic oxidation sites excluding steroid dienone is 1. The van der Waals surface area contributed by atoms with Gasteiger partial charge in [-0.1, -0.05) is 23.8 Å². The van der Waals surface area contributed by atoms with Crippen molar-refractivity contribution in [3.05, 3.63) is 42.0 Å². The number of nitrogens with one attached hydrogen (secondary N) is 1. The molecule has 2 amide bonds. The van der Waals surface area contributed by atoms with Gasteiger partial charge >= 0.3 is 0 Å². The maximum atomic E-state index is 12.4. The first-order valence-corrected chi connectivity index (χ1v) is 6.82. The molecule has 0 aliphatic carbocycles. The van der Waals surface area contributed by atoms with E-state index in [9.17, 15) is 9.59 Å². The van der Waals surface area contributed by atoms with Gasteiger partial charge in [0.2, 0.25) is 11.8 Å². The van der Waals surface area contributed by atoms with Crippen LogP contribution in [0.5, 0.6) is 0 Å². The minimum absolute atomic E-state index is 0.0424. The zero-order valence-corrected chi connectivity index (χ0v) is 12.1. The van der Waals surface area contributed by atoms with Crippen LogP contribution in [0.1, 0.15) is 27.2 Å². The molecule has 20 heavy (non-hydrogen) atoms. The van der Waals surface area contributed by atoms with Gasteiger partial charge in [-0.3, -0.25) is 9.59 Å². The standard InChI is InChI=1S/C16H20N2O2/c1-11(2)9-15(19)17-14-10-12(3)18(16(14)20)13-7-5-4-6-8-13/h4-9,12,14H,10H2,1-3H3,(H,17,19)/t12-,14-/m1/s1. The Hall–Kier alpha value is -2.10. The number of amides is 2. The molecule has 4 nitrogen and oxygen atoms in total. The second kappa shape index (κ2) is 5.90. The molecule has 0 saturated carbocycles. The first-order valence-electron chi connectivity index (χ1n) is 6.82. The van der Waals surface area contributed by atoms with E-state index in [1.165, 1.54) is 6.08 Å². The van der Waals surface area contributed by atoms with Crippen LogP contribution < -0.4 is 10.2 Å². The molecule has 1 saturated heterocycles. The van der Waals surface area contributed by atoms with Crippen molar-refractivity contribution in [3.8, 4) is 0 Å². The second-order valence-electron chi connectivity index (χ2n) is 5.41. The molecule has 1 aliphatic rings. The van der Waals surface area contributed by atoms with Crippen LogP contribution in [-0.2, 0) is 9.59 Å². The van der Waals surface area contributed by atoms with Crippen LogP contribution in [-0.4, -0.2) is 23.9 Å². The molecule has 1 aliphatic heterocycles. The van der Waals surface area contributed by atoms with Crippen LogP contribution in [0.4, 0.5) is 5.69 Å². The molecule has 1 N–H and O–H groups in total. The molecule has 1 aromatic rings. The number of nitrogens with zero attached hydrogens (tertiary/aromatic N) is 1. The molecule has 4 heteroatoms. The number of anilines is 1. The Morgan fingerprint density at radius 2 is 1.95 bits per heavy atom. The molecule has 1 fully saturated rings. The smallest absolute Gasteiger partial charge is 0.249 e. The summed E-state index contributed by atoms with van der Waals surface area (Å²) in [5, 5.41) is 2.78. The highest BCUT2D eigenvalue weighted by Crippen LogP contribution is 2.26. The SMILES string of the molecule is CC(C)=CC(=O)N[C@@H]1C[C@@H](C)N(c2ccccc2)C1=O. The molecule has 106 valence electrons. The van der Waals surface area contributed by atoms with Crippen LogP contribution in [0.3, 0.4) is 0 Å². The van der Waals surface area contributed by atoms with Crippen molar-refractivity contribution in [2.24, 2.45) is 0 Å². The van der Waals surface area contributed by atoms with Crippen molar-refractivity contribution in [2.45, 2.75) is 39.3 Å². The van der Waals surface area contributed by atoms with E-state index in [1.807, 2.05) is 51.1 Å². The van der Waals surface area contributed by atoms with Crippen LogP contribution in [0.2, 0.25) is 0 Å². The lowest BCUT2D eigenvalue weighted by Gasteiger charge is -2.21. The average molecular weight is 272 g/mol. The fourth-order valence-electron chi connectivity index (χ4n) is 2.50. The monoisotopic (exact) mass is 272 g/mol. The molecular weight excluding hydrogens is 252 g/mol. The minimum Gasteiger partial charge on any atom is -0.341 e. The number of benzene rings is 1. The van der Waals surface area contributed by atoms with E-state index < -0.39 is 6.04 Å². The predicted octanol–water partition coefficient (Wildman–Crippen LogP) is 2.26. The molecule has 1 aromatic carbocycles. The van der Waals surface area contributed by atoms with Gasteiger partial charge in [0.15, 0.2) is 0 Å². The van der Waals surface area contributed by atoms with Crippen molar-refractivity contribution in [2.75, 3.05) is 4.90 Å². The minimum atomic E-state index is -0.437. The number of para-hydroxylation sites is 1. The van der Waals surface area contributed by atoms with Gasteiger partial charge in [0.1, 0.15) is 6.04 Å². The Morgan fingerprint density at radius 3 is 2.55 bits per heavy atom. The van der Waals surface area contributed by atoms with Crippen molar-refractivity contribution in [1.82, 2.24) is 5.32 Å². The maximum Gasteiger partial charge on any atom is 0.249 e. The molecule has 0 unspecified atom stereocenters. The summed E-state index contributed by atoms with van der Waals surface area (Å²) in [6.07, 6.45) is 2.15. The summed E-state index contributed by atoms with van der Waals surface area (Å²) in [5.41, 5.74) is 1.80. The Kier molecular flexibility index (Phi) is 4.23. The van der Waals surface area contributed by atoms with Crippen LogP contribution in [0.25, 0.3) is 0 Å². The number of rotatable bonds is 3. The molecule has 0 aromatic heterocycles. The summed E-state index contributed by atoms with van der Waals surface area (Å²) >= 11 is 0. The van der Waals surface area contributed by atoms with Gasteiger partial charge in [0.05, 0.1) is 0 Å². The van der Waals surface area contributed by atoms with Gasteiger partial charge in [0.25, 0.3) is 0 Å². The van der Waals surface area contributed by atoms with Crippen molar-refractivity contribution in [1.29, 1.82) is 0 Å². The van der Waals surface area contributed by atoms with Gasteiger partial charge in [-0.25, -0.2) is 0 Å². The Balaban J connectivity index is 2.11. The van der Waals surface area contributed by atoms with Gasteiger partial charge in [-0.15, -0.1) is 0 Å². The van der Waals surface area contributed by atoms with E-state index in [4.69, 9.17) is 0 Å². The predicted molar refractivity (Wildman–Crippen MR) is 79.4 cm³/mol. The summed E-state index contributed by atoms with van der Waals surface area (Å²) in [6.45, 7) is 5.71. The number of hydrogen-bond acceptors (Lipinski definition) is 2. The fraction of sp³-hybridized carbons (Fsp3) is 0.375. The largest absolute Gasteiger partial charge is 0.341 e. The number of carbonyl (C=O) groups is 2. The van der Waals surface area contributed by atoms with E-state index >= 15 is 0 Å². The highest BCUT2D eigenvalue weighted by Gasteiger charge is 2.38. The van der Waals surface area contributed by atoms with Crippen molar-refractivity contribution in [3.63, 3.8) is 0 Å². The lowest BCUT2D eigenvalue weighted by atomic mass is 10.2. The van der Waals surface area contributed by atoms with E-state index in [2.05, 4.69) is 5.32 Å². The highest BCUT2D eigenvalue weighted by molar-refractivity contribution is 6.03. The summed E-state index contributed by atoms with van der Waals surface area (Å²) < 4.78 is 0. The topological polar surface area (TPSA) is 49.4 Å². The van der Waals surface area contributed by atoms with Gasteiger partial charge < -0.3 is 10.2 Å². The third-order valence-corrected chi connectivity index (χ3v) is 3.32. The Bertz CT molecular complexity index is 533. The van der Waals surface area contributed by atoms with Crippen molar-refractivity contribution >= 4 is 17.5 Å². The first-order chi connectivity index (χ1) is 9.49. The van der Waals surface area contributed by atoms with E-state index in [0.717, 1.165) is 11.3 Å². The average Bonchev–Trinajstić information content (AvgIpc) is 2.64. The van der Waals surface area contributed by atoms with Crippen molar-refractivity contribution < 1.29 is 9.59 Å². The normalized spacial score (nSPS) is 21.8. The molecule has 2 atom stereocenters.